The maximum atomic E-state index is 9.43. The van der Waals surface area contributed by atoms with E-state index >= 15 is 0 Å². The van der Waals surface area contributed by atoms with Crippen molar-refractivity contribution in [1.29, 1.82) is 0 Å². The highest BCUT2D eigenvalue weighted by Gasteiger charge is 2.01. The molecule has 0 atom stereocenters. The van der Waals surface area contributed by atoms with Crippen molar-refractivity contribution in [3.8, 4) is 0 Å². The quantitative estimate of drug-likeness (QED) is 0.562. The minimum atomic E-state index is -1.31. The number of rotatable bonds is 2. The van der Waals surface area contributed by atoms with Gasteiger partial charge in [-0.1, -0.05) is 12.8 Å². The number of hydrogen-bond donors (Lipinski definition) is 4. The molecule has 2 rings (SSSR count). The van der Waals surface area contributed by atoms with Crippen LogP contribution >= 0.6 is 0 Å². The lowest BCUT2D eigenvalue weighted by atomic mass is 10.2. The molecule has 2 saturated heterocycles. The Hall–Kier alpha value is -1.14. The van der Waals surface area contributed by atoms with E-state index < -0.39 is 18.4 Å². The molecule has 6 heteroatoms. The molecule has 0 unspecified atom stereocenters. The number of nitrogens with one attached hydrogen (secondary N) is 2. The summed E-state index contributed by atoms with van der Waals surface area (Å²) >= 11 is 0. The highest BCUT2D eigenvalue weighted by atomic mass is 16.4. The van der Waals surface area contributed by atoms with Crippen LogP contribution in [-0.2, 0) is 9.59 Å². The van der Waals surface area contributed by atoms with E-state index in [1.807, 2.05) is 0 Å². The first kappa shape index (κ1) is 17.9. The summed E-state index contributed by atoms with van der Waals surface area (Å²) in [5, 5.41) is 22.0. The first-order valence-corrected chi connectivity index (χ1v) is 6.98. The number of piperidine rings is 2. The van der Waals surface area contributed by atoms with Crippen LogP contribution in [-0.4, -0.2) is 48.3 Å². The number of carbonyl (C=O) groups is 2. The van der Waals surface area contributed by atoms with E-state index in [1.165, 1.54) is 64.7 Å². The van der Waals surface area contributed by atoms with Crippen molar-refractivity contribution < 1.29 is 19.8 Å². The van der Waals surface area contributed by atoms with E-state index in [0.29, 0.717) is 0 Å². The molecular formula is C13H26N2O4. The third-order valence-electron chi connectivity index (χ3n) is 2.72. The molecule has 2 fully saturated rings. The second kappa shape index (κ2) is 13.3. The minimum Gasteiger partial charge on any atom is -0.481 e. The fourth-order valence-corrected chi connectivity index (χ4v) is 1.73. The first-order valence-electron chi connectivity index (χ1n) is 6.98. The number of hydrogen-bond acceptors (Lipinski definition) is 4. The van der Waals surface area contributed by atoms with Crippen LogP contribution in [0.25, 0.3) is 0 Å². The van der Waals surface area contributed by atoms with E-state index in [4.69, 9.17) is 10.2 Å². The number of carboxylic acids is 2. The summed E-state index contributed by atoms with van der Waals surface area (Å²) in [6.07, 6.45) is 7.62. The van der Waals surface area contributed by atoms with Crippen LogP contribution in [0.1, 0.15) is 44.9 Å². The van der Waals surface area contributed by atoms with E-state index in [1.54, 1.807) is 0 Å². The normalized spacial score (nSPS) is 18.1. The smallest absolute Gasteiger partial charge is 0.314 e. The molecule has 0 bridgehead atoms. The van der Waals surface area contributed by atoms with Gasteiger partial charge in [-0.05, 0) is 51.9 Å². The second-order valence-corrected chi connectivity index (χ2v) is 4.59. The fourth-order valence-electron chi connectivity index (χ4n) is 1.73. The molecule has 0 aliphatic carbocycles. The van der Waals surface area contributed by atoms with Crippen LogP contribution in [0.3, 0.4) is 0 Å². The summed E-state index contributed by atoms with van der Waals surface area (Å²) in [4.78, 5) is 18.9. The largest absolute Gasteiger partial charge is 0.481 e. The highest BCUT2D eigenvalue weighted by Crippen LogP contribution is 1.97. The minimum absolute atomic E-state index is 0.806. The maximum Gasteiger partial charge on any atom is 0.314 e. The molecule has 0 aromatic heterocycles. The Labute approximate surface area is 114 Å². The van der Waals surface area contributed by atoms with Gasteiger partial charge in [0.1, 0.15) is 6.42 Å². The maximum absolute atomic E-state index is 9.43. The van der Waals surface area contributed by atoms with Gasteiger partial charge in [0.05, 0.1) is 0 Å². The van der Waals surface area contributed by atoms with Crippen molar-refractivity contribution >= 4 is 11.9 Å². The second-order valence-electron chi connectivity index (χ2n) is 4.59. The molecular weight excluding hydrogens is 248 g/mol. The Bertz CT molecular complexity index is 192. The third-order valence-corrected chi connectivity index (χ3v) is 2.72. The van der Waals surface area contributed by atoms with E-state index in [2.05, 4.69) is 10.6 Å². The van der Waals surface area contributed by atoms with Gasteiger partial charge in [-0.3, -0.25) is 9.59 Å². The summed E-state index contributed by atoms with van der Waals surface area (Å²) in [5.41, 5.74) is 0. The van der Waals surface area contributed by atoms with E-state index in [9.17, 15) is 9.59 Å². The molecule has 19 heavy (non-hydrogen) atoms. The van der Waals surface area contributed by atoms with Crippen molar-refractivity contribution in [2.45, 2.75) is 44.9 Å². The lowest BCUT2D eigenvalue weighted by Crippen LogP contribution is -2.21. The van der Waals surface area contributed by atoms with Gasteiger partial charge in [-0.15, -0.1) is 0 Å². The Morgan fingerprint density at radius 3 is 1.05 bits per heavy atom. The molecule has 0 spiro atoms. The van der Waals surface area contributed by atoms with E-state index in [0.717, 1.165) is 0 Å². The van der Waals surface area contributed by atoms with Crippen LogP contribution in [0, 0.1) is 0 Å². The number of aliphatic carboxylic acids is 2. The molecule has 0 aromatic rings. The molecule has 0 amide bonds. The zero-order chi connectivity index (χ0) is 14.3. The van der Waals surface area contributed by atoms with Crippen LogP contribution in [0.5, 0.6) is 0 Å². The molecule has 112 valence electrons. The van der Waals surface area contributed by atoms with Gasteiger partial charge >= 0.3 is 11.9 Å². The van der Waals surface area contributed by atoms with Gasteiger partial charge < -0.3 is 20.8 Å². The van der Waals surface area contributed by atoms with Gasteiger partial charge in [0.2, 0.25) is 0 Å². The topological polar surface area (TPSA) is 98.7 Å². The molecule has 2 aliphatic heterocycles. The molecule has 2 aliphatic rings. The van der Waals surface area contributed by atoms with Gasteiger partial charge in [0.25, 0.3) is 0 Å². The average Bonchev–Trinajstić information content (AvgIpc) is 2.42. The van der Waals surface area contributed by atoms with Crippen LogP contribution in [0.4, 0.5) is 0 Å². The fraction of sp³-hybridized carbons (Fsp3) is 0.846. The van der Waals surface area contributed by atoms with Crippen molar-refractivity contribution in [3.05, 3.63) is 0 Å². The predicted molar refractivity (Wildman–Crippen MR) is 73.3 cm³/mol. The monoisotopic (exact) mass is 274 g/mol. The lowest BCUT2D eigenvalue weighted by Gasteiger charge is -2.08. The summed E-state index contributed by atoms with van der Waals surface area (Å²) in [5.74, 6) is -2.62. The Balaban J connectivity index is 0.000000256. The molecule has 0 aromatic carbocycles. The van der Waals surface area contributed by atoms with Crippen LogP contribution in [0.15, 0.2) is 0 Å². The van der Waals surface area contributed by atoms with Gasteiger partial charge in [0, 0.05) is 0 Å². The zero-order valence-corrected chi connectivity index (χ0v) is 11.5. The standard InChI is InChI=1S/2C5H11N.C3H4O4/c2*1-2-4-6-5-3-1;4-2(5)1-3(6)7/h2*6H,1-5H2;1H2,(H,4,5)(H,6,7). The molecule has 0 saturated carbocycles. The predicted octanol–water partition coefficient (Wildman–Crippen LogP) is 1.07. The van der Waals surface area contributed by atoms with Crippen LogP contribution in [0.2, 0.25) is 0 Å². The van der Waals surface area contributed by atoms with Crippen LogP contribution < -0.4 is 10.6 Å². The first-order chi connectivity index (χ1) is 9.13. The summed E-state index contributed by atoms with van der Waals surface area (Å²) < 4.78 is 0. The van der Waals surface area contributed by atoms with Crippen molar-refractivity contribution in [3.63, 3.8) is 0 Å². The highest BCUT2D eigenvalue weighted by molar-refractivity contribution is 5.88. The zero-order valence-electron chi connectivity index (χ0n) is 11.5. The Morgan fingerprint density at radius 2 is 1.00 bits per heavy atom. The third kappa shape index (κ3) is 16.9. The summed E-state index contributed by atoms with van der Waals surface area (Å²) in [7, 11) is 0. The molecule has 6 nitrogen and oxygen atoms in total. The number of carboxylic acid groups (broad SMARTS) is 2. The Morgan fingerprint density at radius 1 is 0.684 bits per heavy atom. The van der Waals surface area contributed by atoms with Gasteiger partial charge in [-0.2, -0.15) is 0 Å². The average molecular weight is 274 g/mol. The Kier molecular flexibility index (Phi) is 12.5. The van der Waals surface area contributed by atoms with Crippen molar-refractivity contribution in [1.82, 2.24) is 10.6 Å². The van der Waals surface area contributed by atoms with Crippen molar-refractivity contribution in [2.75, 3.05) is 26.2 Å². The summed E-state index contributed by atoms with van der Waals surface area (Å²) in [6, 6.07) is 0. The van der Waals surface area contributed by atoms with Gasteiger partial charge in [-0.25, -0.2) is 0 Å². The molecule has 4 N–H and O–H groups in total. The van der Waals surface area contributed by atoms with Crippen molar-refractivity contribution in [2.24, 2.45) is 0 Å². The summed E-state index contributed by atoms with van der Waals surface area (Å²) in [6.45, 7) is 5.00. The van der Waals surface area contributed by atoms with Gasteiger partial charge in [0.15, 0.2) is 0 Å². The lowest BCUT2D eigenvalue weighted by molar-refractivity contribution is -0.147. The SMILES string of the molecule is C1CCNCC1.C1CCNCC1.O=C(O)CC(=O)O. The molecule has 0 radical (unpaired) electrons. The van der Waals surface area contributed by atoms with E-state index in [-0.39, 0.29) is 0 Å². The molecule has 2 heterocycles.